The first-order chi connectivity index (χ1) is 7.58. The standard InChI is InChI=1S/C13H26N2O/c1-10(2)14-8-12-4-6-13(7-5-12)9-15-11(3)16/h10,12-14H,4-9H2,1-3H3,(H,15,16)/t12-,13-. The van der Waals surface area contributed by atoms with Crippen molar-refractivity contribution >= 4 is 5.91 Å². The number of rotatable bonds is 5. The highest BCUT2D eigenvalue weighted by Crippen LogP contribution is 2.27. The molecule has 0 bridgehead atoms. The fourth-order valence-corrected chi connectivity index (χ4v) is 2.33. The van der Waals surface area contributed by atoms with E-state index in [9.17, 15) is 4.79 Å². The summed E-state index contributed by atoms with van der Waals surface area (Å²) in [5, 5.41) is 6.44. The summed E-state index contributed by atoms with van der Waals surface area (Å²) < 4.78 is 0. The maximum absolute atomic E-state index is 10.8. The van der Waals surface area contributed by atoms with Gasteiger partial charge in [-0.25, -0.2) is 0 Å². The molecule has 1 amide bonds. The predicted octanol–water partition coefficient (Wildman–Crippen LogP) is 1.93. The number of nitrogens with one attached hydrogen (secondary N) is 2. The molecule has 0 saturated heterocycles. The van der Waals surface area contributed by atoms with Crippen molar-refractivity contribution in [3.05, 3.63) is 0 Å². The molecule has 2 N–H and O–H groups in total. The minimum atomic E-state index is 0.101. The third-order valence-electron chi connectivity index (χ3n) is 3.42. The highest BCUT2D eigenvalue weighted by Gasteiger charge is 2.20. The van der Waals surface area contributed by atoms with E-state index in [4.69, 9.17) is 0 Å². The Labute approximate surface area is 99.4 Å². The van der Waals surface area contributed by atoms with Gasteiger partial charge >= 0.3 is 0 Å². The molecule has 0 aromatic heterocycles. The molecule has 1 saturated carbocycles. The Balaban J connectivity index is 2.11. The lowest BCUT2D eigenvalue weighted by Gasteiger charge is -2.29. The van der Waals surface area contributed by atoms with Crippen LogP contribution in [0.15, 0.2) is 0 Å². The minimum Gasteiger partial charge on any atom is -0.356 e. The first-order valence-electron chi connectivity index (χ1n) is 6.55. The summed E-state index contributed by atoms with van der Waals surface area (Å²) in [5.74, 6) is 1.65. The van der Waals surface area contributed by atoms with Crippen molar-refractivity contribution in [3.8, 4) is 0 Å². The van der Waals surface area contributed by atoms with Crippen LogP contribution in [0.2, 0.25) is 0 Å². The van der Waals surface area contributed by atoms with E-state index in [1.807, 2.05) is 0 Å². The van der Waals surface area contributed by atoms with Crippen molar-refractivity contribution in [1.29, 1.82) is 0 Å². The zero-order valence-electron chi connectivity index (χ0n) is 10.9. The van der Waals surface area contributed by atoms with Gasteiger partial charge in [0.1, 0.15) is 0 Å². The first kappa shape index (κ1) is 13.5. The Morgan fingerprint density at radius 3 is 2.06 bits per heavy atom. The van der Waals surface area contributed by atoms with Crippen LogP contribution < -0.4 is 10.6 Å². The number of carbonyl (C=O) groups is 1. The van der Waals surface area contributed by atoms with Crippen LogP contribution in [0.25, 0.3) is 0 Å². The van der Waals surface area contributed by atoms with Crippen molar-refractivity contribution < 1.29 is 4.79 Å². The van der Waals surface area contributed by atoms with Gasteiger partial charge in [0.15, 0.2) is 0 Å². The molecule has 1 aliphatic rings. The Kier molecular flexibility index (Phi) is 5.81. The molecule has 1 rings (SSSR count). The second kappa shape index (κ2) is 6.89. The van der Waals surface area contributed by atoms with Gasteiger partial charge in [0.2, 0.25) is 5.91 Å². The minimum absolute atomic E-state index is 0.101. The summed E-state index contributed by atoms with van der Waals surface area (Å²) in [6.07, 6.45) is 5.16. The molecule has 16 heavy (non-hydrogen) atoms. The second-order valence-electron chi connectivity index (χ2n) is 5.39. The molecule has 1 aliphatic carbocycles. The molecule has 1 fully saturated rings. The largest absolute Gasteiger partial charge is 0.356 e. The van der Waals surface area contributed by atoms with E-state index in [0.29, 0.717) is 12.0 Å². The predicted molar refractivity (Wildman–Crippen MR) is 67.3 cm³/mol. The van der Waals surface area contributed by atoms with E-state index in [1.165, 1.54) is 25.7 Å². The highest BCUT2D eigenvalue weighted by atomic mass is 16.1. The Bertz CT molecular complexity index is 208. The van der Waals surface area contributed by atoms with Crippen molar-refractivity contribution in [2.24, 2.45) is 11.8 Å². The van der Waals surface area contributed by atoms with Crippen LogP contribution in [0.5, 0.6) is 0 Å². The lowest BCUT2D eigenvalue weighted by molar-refractivity contribution is -0.119. The summed E-state index contributed by atoms with van der Waals surface area (Å²) in [6.45, 7) is 8.02. The van der Waals surface area contributed by atoms with Crippen molar-refractivity contribution in [2.45, 2.75) is 52.5 Å². The van der Waals surface area contributed by atoms with Gasteiger partial charge in [0.05, 0.1) is 0 Å². The van der Waals surface area contributed by atoms with Crippen LogP contribution in [0.1, 0.15) is 46.5 Å². The molecule has 0 aliphatic heterocycles. The Morgan fingerprint density at radius 2 is 1.62 bits per heavy atom. The van der Waals surface area contributed by atoms with Gasteiger partial charge in [-0.3, -0.25) is 4.79 Å². The Hall–Kier alpha value is -0.570. The molecule has 0 heterocycles. The average Bonchev–Trinajstić information content (AvgIpc) is 2.25. The second-order valence-corrected chi connectivity index (χ2v) is 5.39. The maximum atomic E-state index is 10.8. The van der Waals surface area contributed by atoms with Crippen LogP contribution in [-0.2, 0) is 4.79 Å². The summed E-state index contributed by atoms with van der Waals surface area (Å²) in [4.78, 5) is 10.8. The molecule has 94 valence electrons. The van der Waals surface area contributed by atoms with E-state index in [-0.39, 0.29) is 5.91 Å². The number of amides is 1. The van der Waals surface area contributed by atoms with Crippen LogP contribution >= 0.6 is 0 Å². The first-order valence-corrected chi connectivity index (χ1v) is 6.55. The monoisotopic (exact) mass is 226 g/mol. The number of hydrogen-bond donors (Lipinski definition) is 2. The molecule has 3 nitrogen and oxygen atoms in total. The molecule has 0 unspecified atom stereocenters. The third-order valence-corrected chi connectivity index (χ3v) is 3.42. The highest BCUT2D eigenvalue weighted by molar-refractivity contribution is 5.72. The smallest absolute Gasteiger partial charge is 0.216 e. The van der Waals surface area contributed by atoms with Crippen LogP contribution in [0.3, 0.4) is 0 Å². The molecular formula is C13H26N2O. The molecular weight excluding hydrogens is 200 g/mol. The van der Waals surface area contributed by atoms with Crippen LogP contribution in [0.4, 0.5) is 0 Å². The summed E-state index contributed by atoms with van der Waals surface area (Å²) in [6, 6.07) is 0.595. The lowest BCUT2D eigenvalue weighted by Crippen LogP contribution is -2.33. The summed E-state index contributed by atoms with van der Waals surface area (Å²) >= 11 is 0. The third kappa shape index (κ3) is 5.50. The zero-order chi connectivity index (χ0) is 12.0. The van der Waals surface area contributed by atoms with Gasteiger partial charge in [-0.05, 0) is 44.1 Å². The average molecular weight is 226 g/mol. The Morgan fingerprint density at radius 1 is 1.12 bits per heavy atom. The molecule has 0 aromatic carbocycles. The molecule has 0 radical (unpaired) electrons. The van der Waals surface area contributed by atoms with E-state index >= 15 is 0 Å². The van der Waals surface area contributed by atoms with E-state index in [2.05, 4.69) is 24.5 Å². The quantitative estimate of drug-likeness (QED) is 0.752. The fourth-order valence-electron chi connectivity index (χ4n) is 2.33. The molecule has 0 atom stereocenters. The van der Waals surface area contributed by atoms with Crippen molar-refractivity contribution in [2.75, 3.05) is 13.1 Å². The van der Waals surface area contributed by atoms with Crippen LogP contribution in [0, 0.1) is 11.8 Å². The van der Waals surface area contributed by atoms with E-state index < -0.39 is 0 Å². The zero-order valence-corrected chi connectivity index (χ0v) is 10.9. The molecule has 3 heteroatoms. The maximum Gasteiger partial charge on any atom is 0.216 e. The number of hydrogen-bond acceptors (Lipinski definition) is 2. The van der Waals surface area contributed by atoms with Crippen LogP contribution in [-0.4, -0.2) is 25.0 Å². The van der Waals surface area contributed by atoms with Crippen molar-refractivity contribution in [1.82, 2.24) is 10.6 Å². The summed E-state index contributed by atoms with van der Waals surface area (Å²) in [7, 11) is 0. The van der Waals surface area contributed by atoms with E-state index in [0.717, 1.165) is 19.0 Å². The van der Waals surface area contributed by atoms with Gasteiger partial charge in [0.25, 0.3) is 0 Å². The fraction of sp³-hybridized carbons (Fsp3) is 0.923. The van der Waals surface area contributed by atoms with Gasteiger partial charge < -0.3 is 10.6 Å². The molecule has 0 aromatic rings. The SMILES string of the molecule is CC(=O)NC[C@H]1CC[C@H](CNC(C)C)CC1. The normalized spacial score (nSPS) is 25.8. The summed E-state index contributed by atoms with van der Waals surface area (Å²) in [5.41, 5.74) is 0. The van der Waals surface area contributed by atoms with Gasteiger partial charge in [-0.1, -0.05) is 13.8 Å². The van der Waals surface area contributed by atoms with Crippen molar-refractivity contribution in [3.63, 3.8) is 0 Å². The topological polar surface area (TPSA) is 41.1 Å². The van der Waals surface area contributed by atoms with Gasteiger partial charge in [0, 0.05) is 19.5 Å². The molecule has 0 spiro atoms. The lowest BCUT2D eigenvalue weighted by atomic mass is 9.82. The number of carbonyl (C=O) groups excluding carboxylic acids is 1. The van der Waals surface area contributed by atoms with E-state index in [1.54, 1.807) is 6.92 Å². The van der Waals surface area contributed by atoms with Gasteiger partial charge in [-0.15, -0.1) is 0 Å². The van der Waals surface area contributed by atoms with Gasteiger partial charge in [-0.2, -0.15) is 0 Å².